The van der Waals surface area contributed by atoms with Gasteiger partial charge in [0.15, 0.2) is 0 Å². The highest BCUT2D eigenvalue weighted by Crippen LogP contribution is 2.63. The first-order valence-corrected chi connectivity index (χ1v) is 6.19. The minimum atomic E-state index is -0.955. The fourth-order valence-corrected chi connectivity index (χ4v) is 3.18. The molecule has 4 unspecified atom stereocenters. The standard InChI is InChI=1S/C14H15NO3/c1-8(14(17)18)15(7-16)13-10-5-3-2-4-9(10)11-6-12(11)13/h2-5,7-8,11-13H,6H2,1H3,(H,17,18). The molecule has 4 atom stereocenters. The Labute approximate surface area is 105 Å². The summed E-state index contributed by atoms with van der Waals surface area (Å²) in [5.41, 5.74) is 2.41. The zero-order valence-corrected chi connectivity index (χ0v) is 10.1. The molecule has 0 saturated heterocycles. The van der Waals surface area contributed by atoms with E-state index in [2.05, 4.69) is 6.07 Å². The number of nitrogens with zero attached hydrogens (tertiary/aromatic N) is 1. The van der Waals surface area contributed by atoms with Crippen molar-refractivity contribution in [3.63, 3.8) is 0 Å². The van der Waals surface area contributed by atoms with Gasteiger partial charge in [-0.25, -0.2) is 4.79 Å². The summed E-state index contributed by atoms with van der Waals surface area (Å²) in [6, 6.07) is 7.22. The Hall–Kier alpha value is -1.84. The summed E-state index contributed by atoms with van der Waals surface area (Å²) in [5.74, 6) is -0.0206. The second-order valence-corrected chi connectivity index (χ2v) is 5.15. The Bertz CT molecular complexity index is 514. The maximum absolute atomic E-state index is 11.3. The number of aliphatic carboxylic acids is 1. The maximum Gasteiger partial charge on any atom is 0.326 e. The van der Waals surface area contributed by atoms with E-state index in [0.29, 0.717) is 18.2 Å². The highest BCUT2D eigenvalue weighted by molar-refractivity contribution is 5.76. The summed E-state index contributed by atoms with van der Waals surface area (Å²) in [4.78, 5) is 23.8. The average molecular weight is 245 g/mol. The Morgan fingerprint density at radius 1 is 1.44 bits per heavy atom. The summed E-state index contributed by atoms with van der Waals surface area (Å²) in [5, 5.41) is 9.09. The van der Waals surface area contributed by atoms with Crippen LogP contribution in [0.2, 0.25) is 0 Å². The van der Waals surface area contributed by atoms with Crippen LogP contribution in [-0.2, 0) is 9.59 Å². The van der Waals surface area contributed by atoms with Crippen LogP contribution in [0.15, 0.2) is 24.3 Å². The Morgan fingerprint density at radius 3 is 2.72 bits per heavy atom. The van der Waals surface area contributed by atoms with Gasteiger partial charge in [-0.05, 0) is 36.3 Å². The lowest BCUT2D eigenvalue weighted by Crippen LogP contribution is -2.41. The van der Waals surface area contributed by atoms with E-state index in [-0.39, 0.29) is 6.04 Å². The van der Waals surface area contributed by atoms with Gasteiger partial charge in [0.2, 0.25) is 6.41 Å². The second kappa shape index (κ2) is 3.83. The largest absolute Gasteiger partial charge is 0.480 e. The molecule has 1 amide bonds. The van der Waals surface area contributed by atoms with E-state index in [1.165, 1.54) is 10.5 Å². The van der Waals surface area contributed by atoms with Gasteiger partial charge in [0.05, 0.1) is 6.04 Å². The normalized spacial score (nSPS) is 29.1. The zero-order chi connectivity index (χ0) is 12.9. The lowest BCUT2D eigenvalue weighted by molar-refractivity contribution is -0.147. The van der Waals surface area contributed by atoms with Gasteiger partial charge in [-0.1, -0.05) is 24.3 Å². The van der Waals surface area contributed by atoms with Crippen molar-refractivity contribution < 1.29 is 14.7 Å². The third-order valence-corrected chi connectivity index (χ3v) is 4.21. The minimum absolute atomic E-state index is 0.0604. The van der Waals surface area contributed by atoms with Gasteiger partial charge in [0.25, 0.3) is 0 Å². The molecule has 0 aromatic heterocycles. The topological polar surface area (TPSA) is 57.6 Å². The number of benzene rings is 1. The first-order valence-electron chi connectivity index (χ1n) is 6.19. The molecule has 0 aliphatic heterocycles. The molecule has 0 spiro atoms. The molecule has 2 aliphatic carbocycles. The maximum atomic E-state index is 11.3. The molecule has 1 N–H and O–H groups in total. The molecule has 94 valence electrons. The molecule has 1 saturated carbocycles. The van der Waals surface area contributed by atoms with Crippen LogP contribution >= 0.6 is 0 Å². The molecule has 1 aromatic rings. The van der Waals surface area contributed by atoms with E-state index in [1.807, 2.05) is 18.2 Å². The van der Waals surface area contributed by atoms with Gasteiger partial charge >= 0.3 is 5.97 Å². The number of carboxylic acids is 1. The summed E-state index contributed by atoms with van der Waals surface area (Å²) >= 11 is 0. The summed E-state index contributed by atoms with van der Waals surface area (Å²) < 4.78 is 0. The van der Waals surface area contributed by atoms with E-state index in [1.54, 1.807) is 6.92 Å². The molecule has 0 heterocycles. The minimum Gasteiger partial charge on any atom is -0.480 e. The second-order valence-electron chi connectivity index (χ2n) is 5.15. The van der Waals surface area contributed by atoms with Gasteiger partial charge in [-0.2, -0.15) is 0 Å². The number of carboxylic acid groups (broad SMARTS) is 1. The molecular formula is C14H15NO3. The lowest BCUT2D eigenvalue weighted by atomic mass is 10.0. The molecule has 0 radical (unpaired) electrons. The van der Waals surface area contributed by atoms with Crippen LogP contribution in [0.5, 0.6) is 0 Å². The van der Waals surface area contributed by atoms with Crippen LogP contribution in [0.25, 0.3) is 0 Å². The number of hydrogen-bond donors (Lipinski definition) is 1. The van der Waals surface area contributed by atoms with Gasteiger partial charge in [0, 0.05) is 0 Å². The van der Waals surface area contributed by atoms with Crippen molar-refractivity contribution in [1.82, 2.24) is 4.90 Å². The summed E-state index contributed by atoms with van der Waals surface area (Å²) in [7, 11) is 0. The third kappa shape index (κ3) is 1.45. The van der Waals surface area contributed by atoms with E-state index in [9.17, 15) is 9.59 Å². The van der Waals surface area contributed by atoms with Crippen LogP contribution in [-0.4, -0.2) is 28.4 Å². The van der Waals surface area contributed by atoms with E-state index in [0.717, 1.165) is 12.0 Å². The van der Waals surface area contributed by atoms with Crippen molar-refractivity contribution in [3.05, 3.63) is 35.4 Å². The van der Waals surface area contributed by atoms with E-state index in [4.69, 9.17) is 5.11 Å². The highest BCUT2D eigenvalue weighted by atomic mass is 16.4. The van der Waals surface area contributed by atoms with E-state index < -0.39 is 12.0 Å². The van der Waals surface area contributed by atoms with E-state index >= 15 is 0 Å². The zero-order valence-electron chi connectivity index (χ0n) is 10.1. The van der Waals surface area contributed by atoms with Crippen molar-refractivity contribution in [2.24, 2.45) is 5.92 Å². The van der Waals surface area contributed by atoms with Crippen LogP contribution in [0, 0.1) is 5.92 Å². The molecule has 1 fully saturated rings. The number of fused-ring (bicyclic) bond motifs is 3. The summed E-state index contributed by atoms with van der Waals surface area (Å²) in [6.45, 7) is 1.56. The quantitative estimate of drug-likeness (QED) is 0.822. The molecular weight excluding hydrogens is 230 g/mol. The molecule has 0 bridgehead atoms. The van der Waals surface area contributed by atoms with Gasteiger partial charge in [-0.3, -0.25) is 4.79 Å². The van der Waals surface area contributed by atoms with Crippen molar-refractivity contribution in [1.29, 1.82) is 0 Å². The Morgan fingerprint density at radius 2 is 2.11 bits per heavy atom. The number of rotatable bonds is 4. The van der Waals surface area contributed by atoms with Crippen LogP contribution in [0.4, 0.5) is 0 Å². The number of amides is 1. The highest BCUT2D eigenvalue weighted by Gasteiger charge is 2.54. The molecule has 2 aliphatic rings. The SMILES string of the molecule is CC(C(=O)O)N(C=O)C1c2ccccc2C2CC21. The predicted octanol–water partition coefficient (Wildman–Crippen LogP) is 1.78. The third-order valence-electron chi connectivity index (χ3n) is 4.21. The van der Waals surface area contributed by atoms with Gasteiger partial charge in [0.1, 0.15) is 6.04 Å². The summed E-state index contributed by atoms with van der Waals surface area (Å²) in [6.07, 6.45) is 1.75. The predicted molar refractivity (Wildman–Crippen MR) is 65.0 cm³/mol. The van der Waals surface area contributed by atoms with Crippen molar-refractivity contribution >= 4 is 12.4 Å². The number of carbonyl (C=O) groups is 2. The first kappa shape index (κ1) is 11.3. The molecule has 4 heteroatoms. The van der Waals surface area contributed by atoms with Gasteiger partial charge in [-0.15, -0.1) is 0 Å². The lowest BCUT2D eigenvalue weighted by Gasteiger charge is -2.30. The fraction of sp³-hybridized carbons (Fsp3) is 0.429. The molecule has 3 rings (SSSR count). The molecule has 18 heavy (non-hydrogen) atoms. The molecule has 1 aromatic carbocycles. The van der Waals surface area contributed by atoms with Crippen molar-refractivity contribution in [3.8, 4) is 0 Å². The van der Waals surface area contributed by atoms with Crippen LogP contribution < -0.4 is 0 Å². The Kier molecular flexibility index (Phi) is 2.40. The first-order chi connectivity index (χ1) is 8.65. The smallest absolute Gasteiger partial charge is 0.326 e. The fourth-order valence-electron chi connectivity index (χ4n) is 3.18. The Balaban J connectivity index is 1.97. The van der Waals surface area contributed by atoms with Crippen LogP contribution in [0.3, 0.4) is 0 Å². The van der Waals surface area contributed by atoms with Crippen LogP contribution in [0.1, 0.15) is 36.4 Å². The monoisotopic (exact) mass is 245 g/mol. The van der Waals surface area contributed by atoms with Crippen molar-refractivity contribution in [2.45, 2.75) is 31.3 Å². The number of carbonyl (C=O) groups excluding carboxylic acids is 1. The molecule has 4 nitrogen and oxygen atoms in total. The van der Waals surface area contributed by atoms with Gasteiger partial charge < -0.3 is 10.0 Å². The number of hydrogen-bond acceptors (Lipinski definition) is 2. The average Bonchev–Trinajstić information content (AvgIpc) is 3.09. The van der Waals surface area contributed by atoms with Crippen molar-refractivity contribution in [2.75, 3.05) is 0 Å².